The van der Waals surface area contributed by atoms with Crippen molar-refractivity contribution >= 4 is 17.3 Å². The smallest absolute Gasteiger partial charge is 0.169 e. The van der Waals surface area contributed by atoms with Crippen LogP contribution in [-0.2, 0) is 0 Å². The van der Waals surface area contributed by atoms with Crippen LogP contribution >= 0.6 is 12.2 Å². The topological polar surface area (TPSA) is 18.5 Å². The summed E-state index contributed by atoms with van der Waals surface area (Å²) in [5, 5.41) is 4.58. The minimum Gasteiger partial charge on any atom is -0.360 e. The summed E-state index contributed by atoms with van der Waals surface area (Å²) in [4.78, 5) is 5.04. The first-order valence-corrected chi connectivity index (χ1v) is 7.53. The Kier molecular flexibility index (Phi) is 3.52. The van der Waals surface area contributed by atoms with Gasteiger partial charge in [0, 0.05) is 31.7 Å². The standard InChI is InChI=1S/C13H23N3S/c17-13(14-11-4-1-2-5-11)16-9-8-15-7-3-6-12(15)10-16/h11-12H,1-10H2,(H,14,17). The molecule has 0 radical (unpaired) electrons. The van der Waals surface area contributed by atoms with Crippen molar-refractivity contribution in [2.24, 2.45) is 0 Å². The van der Waals surface area contributed by atoms with Crippen molar-refractivity contribution in [3.8, 4) is 0 Å². The van der Waals surface area contributed by atoms with Crippen LogP contribution < -0.4 is 5.32 Å². The predicted octanol–water partition coefficient (Wildman–Crippen LogP) is 1.58. The molecule has 0 aromatic heterocycles. The second kappa shape index (κ2) is 5.11. The third-order valence-electron chi connectivity index (χ3n) is 4.56. The summed E-state index contributed by atoms with van der Waals surface area (Å²) in [6, 6.07) is 1.43. The SMILES string of the molecule is S=C(NC1CCCC1)N1CCN2CCCC2C1. The highest BCUT2D eigenvalue weighted by atomic mass is 32.1. The molecule has 17 heavy (non-hydrogen) atoms. The Hall–Kier alpha value is -0.350. The maximum absolute atomic E-state index is 5.57. The molecule has 2 heterocycles. The molecule has 1 atom stereocenters. The summed E-state index contributed by atoms with van der Waals surface area (Å²) in [7, 11) is 0. The first kappa shape index (κ1) is 11.7. The van der Waals surface area contributed by atoms with Crippen molar-refractivity contribution in [3.63, 3.8) is 0 Å². The largest absolute Gasteiger partial charge is 0.360 e. The molecule has 3 aliphatic rings. The van der Waals surface area contributed by atoms with Crippen LogP contribution in [0.5, 0.6) is 0 Å². The van der Waals surface area contributed by atoms with E-state index in [1.165, 1.54) is 51.6 Å². The average molecular weight is 253 g/mol. The number of hydrogen-bond donors (Lipinski definition) is 1. The lowest BCUT2D eigenvalue weighted by Gasteiger charge is -2.39. The first-order valence-electron chi connectivity index (χ1n) is 7.12. The van der Waals surface area contributed by atoms with E-state index in [4.69, 9.17) is 12.2 Å². The summed E-state index contributed by atoms with van der Waals surface area (Å²) >= 11 is 5.57. The number of piperazine rings is 1. The second-order valence-corrected chi connectivity index (χ2v) is 6.10. The van der Waals surface area contributed by atoms with Gasteiger partial charge in [0.1, 0.15) is 0 Å². The van der Waals surface area contributed by atoms with Crippen LogP contribution in [-0.4, -0.2) is 53.2 Å². The number of fused-ring (bicyclic) bond motifs is 1. The van der Waals surface area contributed by atoms with Crippen LogP contribution in [0, 0.1) is 0 Å². The Balaban J connectivity index is 1.51. The zero-order valence-corrected chi connectivity index (χ0v) is 11.3. The molecule has 0 spiro atoms. The lowest BCUT2D eigenvalue weighted by Crippen LogP contribution is -2.55. The summed E-state index contributed by atoms with van der Waals surface area (Å²) in [6.45, 7) is 4.78. The molecule has 0 aromatic carbocycles. The molecule has 3 rings (SSSR count). The summed E-state index contributed by atoms with van der Waals surface area (Å²) in [6.07, 6.45) is 8.10. The fourth-order valence-electron chi connectivity index (χ4n) is 3.51. The van der Waals surface area contributed by atoms with E-state index >= 15 is 0 Å². The molecule has 0 amide bonds. The van der Waals surface area contributed by atoms with Gasteiger partial charge in [-0.2, -0.15) is 0 Å². The van der Waals surface area contributed by atoms with Gasteiger partial charge in [-0.3, -0.25) is 4.90 Å². The van der Waals surface area contributed by atoms with Gasteiger partial charge in [0.2, 0.25) is 0 Å². The van der Waals surface area contributed by atoms with Crippen molar-refractivity contribution in [2.45, 2.75) is 50.6 Å². The van der Waals surface area contributed by atoms with Crippen molar-refractivity contribution in [3.05, 3.63) is 0 Å². The molecule has 4 heteroatoms. The van der Waals surface area contributed by atoms with E-state index in [0.29, 0.717) is 6.04 Å². The van der Waals surface area contributed by atoms with E-state index in [2.05, 4.69) is 15.1 Å². The fourth-order valence-corrected chi connectivity index (χ4v) is 3.84. The molecular formula is C13H23N3S. The molecule has 3 nitrogen and oxygen atoms in total. The highest BCUT2D eigenvalue weighted by Gasteiger charge is 2.31. The maximum atomic E-state index is 5.57. The highest BCUT2D eigenvalue weighted by Crippen LogP contribution is 2.22. The van der Waals surface area contributed by atoms with Crippen LogP contribution in [0.15, 0.2) is 0 Å². The molecule has 1 saturated carbocycles. The molecule has 0 aromatic rings. The van der Waals surface area contributed by atoms with Crippen molar-refractivity contribution in [1.29, 1.82) is 0 Å². The van der Waals surface area contributed by atoms with E-state index < -0.39 is 0 Å². The molecule has 3 fully saturated rings. The maximum Gasteiger partial charge on any atom is 0.169 e. The quantitative estimate of drug-likeness (QED) is 0.715. The lowest BCUT2D eigenvalue weighted by atomic mass is 10.1. The van der Waals surface area contributed by atoms with Gasteiger partial charge in [-0.1, -0.05) is 12.8 Å². The van der Waals surface area contributed by atoms with Gasteiger partial charge in [-0.05, 0) is 44.4 Å². The van der Waals surface area contributed by atoms with Gasteiger partial charge < -0.3 is 10.2 Å². The van der Waals surface area contributed by atoms with Gasteiger partial charge in [-0.15, -0.1) is 0 Å². The molecule has 0 bridgehead atoms. The first-order chi connectivity index (χ1) is 8.33. The van der Waals surface area contributed by atoms with Gasteiger partial charge in [0.15, 0.2) is 5.11 Å². The normalized spacial score (nSPS) is 30.6. The average Bonchev–Trinajstić information content (AvgIpc) is 2.97. The molecular weight excluding hydrogens is 230 g/mol. The van der Waals surface area contributed by atoms with Crippen LogP contribution in [0.2, 0.25) is 0 Å². The van der Waals surface area contributed by atoms with Gasteiger partial charge in [-0.25, -0.2) is 0 Å². The Labute approximate surface area is 110 Å². The minimum atomic E-state index is 0.657. The summed E-state index contributed by atoms with van der Waals surface area (Å²) in [5.74, 6) is 0. The zero-order chi connectivity index (χ0) is 11.7. The van der Waals surface area contributed by atoms with Gasteiger partial charge >= 0.3 is 0 Å². The number of hydrogen-bond acceptors (Lipinski definition) is 2. The predicted molar refractivity (Wildman–Crippen MR) is 74.2 cm³/mol. The third-order valence-corrected chi connectivity index (χ3v) is 4.93. The molecule has 96 valence electrons. The molecule has 1 unspecified atom stereocenters. The van der Waals surface area contributed by atoms with Gasteiger partial charge in [0.05, 0.1) is 0 Å². The molecule has 2 saturated heterocycles. The van der Waals surface area contributed by atoms with E-state index in [1.807, 2.05) is 0 Å². The number of nitrogens with one attached hydrogen (secondary N) is 1. The summed E-state index contributed by atoms with van der Waals surface area (Å²) < 4.78 is 0. The monoisotopic (exact) mass is 253 g/mol. The van der Waals surface area contributed by atoms with Crippen molar-refractivity contribution in [1.82, 2.24) is 15.1 Å². The number of nitrogens with zero attached hydrogens (tertiary/aromatic N) is 2. The minimum absolute atomic E-state index is 0.657. The van der Waals surface area contributed by atoms with Crippen molar-refractivity contribution in [2.75, 3.05) is 26.2 Å². The molecule has 1 N–H and O–H groups in total. The van der Waals surface area contributed by atoms with E-state index in [1.54, 1.807) is 0 Å². The van der Waals surface area contributed by atoms with E-state index in [-0.39, 0.29) is 0 Å². The second-order valence-electron chi connectivity index (χ2n) is 5.71. The van der Waals surface area contributed by atoms with Crippen molar-refractivity contribution < 1.29 is 0 Å². The van der Waals surface area contributed by atoms with Gasteiger partial charge in [0.25, 0.3) is 0 Å². The Morgan fingerprint density at radius 3 is 2.65 bits per heavy atom. The van der Waals surface area contributed by atoms with Crippen LogP contribution in [0.3, 0.4) is 0 Å². The highest BCUT2D eigenvalue weighted by molar-refractivity contribution is 7.80. The summed E-state index contributed by atoms with van der Waals surface area (Å²) in [5.41, 5.74) is 0. The molecule has 1 aliphatic carbocycles. The lowest BCUT2D eigenvalue weighted by molar-refractivity contribution is 0.150. The zero-order valence-electron chi connectivity index (χ0n) is 10.5. The third kappa shape index (κ3) is 2.58. The Bertz CT molecular complexity index is 288. The van der Waals surface area contributed by atoms with E-state index in [9.17, 15) is 0 Å². The number of rotatable bonds is 1. The fraction of sp³-hybridized carbons (Fsp3) is 0.923. The van der Waals surface area contributed by atoms with Crippen LogP contribution in [0.25, 0.3) is 0 Å². The Morgan fingerprint density at radius 1 is 1.00 bits per heavy atom. The Morgan fingerprint density at radius 2 is 1.82 bits per heavy atom. The number of thiocarbonyl (C=S) groups is 1. The van der Waals surface area contributed by atoms with Crippen LogP contribution in [0.1, 0.15) is 38.5 Å². The van der Waals surface area contributed by atoms with E-state index in [0.717, 1.165) is 24.2 Å². The van der Waals surface area contributed by atoms with Crippen LogP contribution in [0.4, 0.5) is 0 Å². The molecule has 2 aliphatic heterocycles.